The van der Waals surface area contributed by atoms with Gasteiger partial charge in [0.1, 0.15) is 0 Å². The molecule has 3 aromatic rings. The minimum atomic E-state index is -0.998. The second-order valence-electron chi connectivity index (χ2n) is 8.14. The van der Waals surface area contributed by atoms with Crippen LogP contribution in [0.25, 0.3) is 10.1 Å². The molecule has 1 N–H and O–H groups in total. The van der Waals surface area contributed by atoms with Crippen molar-refractivity contribution in [3.8, 4) is 0 Å². The third kappa shape index (κ3) is 5.30. The van der Waals surface area contributed by atoms with E-state index in [1.54, 1.807) is 17.3 Å². The Labute approximate surface area is 189 Å². The largest absolute Gasteiger partial charge is 0.351 e. The number of nitrogens with zero attached hydrogens (tertiary/aromatic N) is 2. The number of aromatic nitrogens is 1. The number of unbranched alkanes of at least 4 members (excludes halogenated alkanes) is 1. The number of fused-ring (bicyclic) bond motifs is 1. The number of carbonyl (C=O) groups is 2. The minimum absolute atomic E-state index is 0.0461. The van der Waals surface area contributed by atoms with E-state index in [4.69, 9.17) is 0 Å². The van der Waals surface area contributed by atoms with E-state index in [1.807, 2.05) is 12.1 Å². The second kappa shape index (κ2) is 10.2. The lowest BCUT2D eigenvalue weighted by Crippen LogP contribution is -2.38. The van der Waals surface area contributed by atoms with Crippen molar-refractivity contribution in [3.63, 3.8) is 0 Å². The molecule has 3 heterocycles. The Balaban J connectivity index is 1.14. The highest BCUT2D eigenvalue weighted by Gasteiger charge is 2.24. The quantitative estimate of drug-likeness (QED) is 0.507. The summed E-state index contributed by atoms with van der Waals surface area (Å²) in [5.41, 5.74) is 0.188. The highest BCUT2D eigenvalue weighted by molar-refractivity contribution is 7.20. The van der Waals surface area contributed by atoms with Crippen LogP contribution < -0.4 is 5.32 Å². The van der Waals surface area contributed by atoms with E-state index in [2.05, 4.69) is 10.3 Å². The third-order valence-corrected chi connectivity index (χ3v) is 7.02. The summed E-state index contributed by atoms with van der Waals surface area (Å²) in [6.07, 6.45) is 8.27. The average molecular weight is 458 g/mol. The molecule has 8 heteroatoms. The maximum atomic E-state index is 13.4. The molecule has 4 rings (SSSR count). The lowest BCUT2D eigenvalue weighted by Gasteiger charge is -2.32. The molecule has 0 bridgehead atoms. The SMILES string of the molecule is O=C(NCCCCC1CCN(C(=O)c2ccc(F)c(F)c2)CC1)c1cc2ccncc2s1. The molecule has 5 nitrogen and oxygen atoms in total. The van der Waals surface area contributed by atoms with Crippen molar-refractivity contribution < 1.29 is 18.4 Å². The van der Waals surface area contributed by atoms with Gasteiger partial charge in [0, 0.05) is 37.6 Å². The van der Waals surface area contributed by atoms with Crippen LogP contribution >= 0.6 is 11.3 Å². The van der Waals surface area contributed by atoms with E-state index in [0.717, 1.165) is 54.3 Å². The van der Waals surface area contributed by atoms with Gasteiger partial charge in [-0.2, -0.15) is 0 Å². The first-order valence-corrected chi connectivity index (χ1v) is 11.7. The predicted molar refractivity (Wildman–Crippen MR) is 121 cm³/mol. The lowest BCUT2D eigenvalue weighted by molar-refractivity contribution is 0.0685. The molecule has 0 spiro atoms. The van der Waals surface area contributed by atoms with Crippen LogP contribution in [-0.2, 0) is 0 Å². The van der Waals surface area contributed by atoms with Crippen molar-refractivity contribution >= 4 is 33.2 Å². The van der Waals surface area contributed by atoms with Crippen LogP contribution in [0.15, 0.2) is 42.7 Å². The molecule has 0 radical (unpaired) electrons. The van der Waals surface area contributed by atoms with Crippen LogP contribution in [0.1, 0.15) is 52.1 Å². The molecule has 1 aliphatic heterocycles. The smallest absolute Gasteiger partial charge is 0.261 e. The maximum absolute atomic E-state index is 13.4. The van der Waals surface area contributed by atoms with Crippen molar-refractivity contribution in [2.75, 3.05) is 19.6 Å². The topological polar surface area (TPSA) is 62.3 Å². The van der Waals surface area contributed by atoms with Crippen molar-refractivity contribution in [1.82, 2.24) is 15.2 Å². The van der Waals surface area contributed by atoms with E-state index in [9.17, 15) is 18.4 Å². The normalized spacial score (nSPS) is 14.6. The number of hydrogen-bond acceptors (Lipinski definition) is 4. The molecule has 0 aliphatic carbocycles. The van der Waals surface area contributed by atoms with Gasteiger partial charge < -0.3 is 10.2 Å². The van der Waals surface area contributed by atoms with Crippen LogP contribution in [0.2, 0.25) is 0 Å². The van der Waals surface area contributed by atoms with Crippen LogP contribution in [0.5, 0.6) is 0 Å². The van der Waals surface area contributed by atoms with Crippen LogP contribution in [0.3, 0.4) is 0 Å². The zero-order chi connectivity index (χ0) is 22.5. The van der Waals surface area contributed by atoms with Crippen LogP contribution in [-0.4, -0.2) is 41.3 Å². The number of nitrogens with one attached hydrogen (secondary N) is 1. The predicted octanol–water partition coefficient (Wildman–Crippen LogP) is 5.03. The Hall–Kier alpha value is -2.87. The first-order valence-electron chi connectivity index (χ1n) is 10.9. The fraction of sp³-hybridized carbons (Fsp3) is 0.375. The molecular weight excluding hydrogens is 432 g/mol. The zero-order valence-electron chi connectivity index (χ0n) is 17.7. The van der Waals surface area contributed by atoms with E-state index < -0.39 is 11.6 Å². The standard InChI is InChI=1S/C24H25F2N3O2S/c25-19-5-4-18(13-20(19)26)24(31)29-11-7-16(8-12-29)3-1-2-9-28-23(30)21-14-17-6-10-27-15-22(17)32-21/h4-6,10,13-16H,1-3,7-9,11-12H2,(H,28,30). The third-order valence-electron chi connectivity index (χ3n) is 5.94. The number of benzene rings is 1. The Morgan fingerprint density at radius 2 is 1.91 bits per heavy atom. The lowest BCUT2D eigenvalue weighted by atomic mass is 9.91. The Morgan fingerprint density at radius 1 is 1.09 bits per heavy atom. The number of amides is 2. The Bertz CT molecular complexity index is 1080. The van der Waals surface area contributed by atoms with Gasteiger partial charge in [-0.3, -0.25) is 14.6 Å². The summed E-state index contributed by atoms with van der Waals surface area (Å²) in [6, 6.07) is 7.09. The van der Waals surface area contributed by atoms with E-state index in [1.165, 1.54) is 17.4 Å². The van der Waals surface area contributed by atoms with Gasteiger partial charge in [0.2, 0.25) is 0 Å². The average Bonchev–Trinajstić information content (AvgIpc) is 3.25. The molecule has 32 heavy (non-hydrogen) atoms. The van der Waals surface area contributed by atoms with Crippen molar-refractivity contribution in [2.45, 2.75) is 32.1 Å². The molecule has 1 saturated heterocycles. The van der Waals surface area contributed by atoms with E-state index in [-0.39, 0.29) is 17.4 Å². The summed E-state index contributed by atoms with van der Waals surface area (Å²) < 4.78 is 27.5. The fourth-order valence-electron chi connectivity index (χ4n) is 4.08. The van der Waals surface area contributed by atoms with Crippen LogP contribution in [0, 0.1) is 17.6 Å². The highest BCUT2D eigenvalue weighted by atomic mass is 32.1. The fourth-order valence-corrected chi connectivity index (χ4v) is 5.03. The molecule has 0 atom stereocenters. The van der Waals surface area contributed by atoms with Crippen LogP contribution in [0.4, 0.5) is 8.78 Å². The summed E-state index contributed by atoms with van der Waals surface area (Å²) in [5, 5.41) is 4.02. The first kappa shape index (κ1) is 22.3. The number of hydrogen-bond donors (Lipinski definition) is 1. The van der Waals surface area contributed by atoms with Crippen molar-refractivity contribution in [2.24, 2.45) is 5.92 Å². The minimum Gasteiger partial charge on any atom is -0.351 e. The van der Waals surface area contributed by atoms with Gasteiger partial charge in [-0.15, -0.1) is 11.3 Å². The van der Waals surface area contributed by atoms with E-state index in [0.29, 0.717) is 30.4 Å². The van der Waals surface area contributed by atoms with Gasteiger partial charge in [-0.1, -0.05) is 12.8 Å². The zero-order valence-corrected chi connectivity index (χ0v) is 18.5. The molecule has 0 saturated carbocycles. The number of pyridine rings is 1. The Kier molecular flexibility index (Phi) is 7.09. The number of carbonyl (C=O) groups excluding carboxylic acids is 2. The molecule has 0 unspecified atom stereocenters. The molecule has 1 aromatic carbocycles. The van der Waals surface area contributed by atoms with Crippen molar-refractivity contribution in [3.05, 3.63) is 64.8 Å². The monoisotopic (exact) mass is 457 g/mol. The summed E-state index contributed by atoms with van der Waals surface area (Å²) >= 11 is 1.45. The highest BCUT2D eigenvalue weighted by Crippen LogP contribution is 2.25. The first-order chi connectivity index (χ1) is 15.5. The second-order valence-corrected chi connectivity index (χ2v) is 9.22. The number of rotatable bonds is 7. The van der Waals surface area contributed by atoms with E-state index >= 15 is 0 Å². The van der Waals surface area contributed by atoms with Crippen molar-refractivity contribution in [1.29, 1.82) is 0 Å². The molecular formula is C24H25F2N3O2S. The van der Waals surface area contributed by atoms with Gasteiger partial charge >= 0.3 is 0 Å². The van der Waals surface area contributed by atoms with Gasteiger partial charge in [-0.25, -0.2) is 8.78 Å². The number of thiophene rings is 1. The Morgan fingerprint density at radius 3 is 2.66 bits per heavy atom. The molecule has 2 aromatic heterocycles. The van der Waals surface area contributed by atoms with Gasteiger partial charge in [-0.05, 0) is 60.9 Å². The summed E-state index contributed by atoms with van der Waals surface area (Å²) in [4.78, 5) is 31.3. The molecule has 1 fully saturated rings. The summed E-state index contributed by atoms with van der Waals surface area (Å²) in [7, 11) is 0. The summed E-state index contributed by atoms with van der Waals surface area (Å²) in [5.74, 6) is -1.70. The van der Waals surface area contributed by atoms with Gasteiger partial charge in [0.25, 0.3) is 11.8 Å². The molecule has 1 aliphatic rings. The summed E-state index contributed by atoms with van der Waals surface area (Å²) in [6.45, 7) is 1.89. The molecule has 2 amide bonds. The van der Waals surface area contributed by atoms with Gasteiger partial charge in [0.15, 0.2) is 11.6 Å². The molecule has 168 valence electrons. The van der Waals surface area contributed by atoms with Gasteiger partial charge in [0.05, 0.1) is 9.58 Å². The number of piperidine rings is 1. The number of halogens is 2. The number of likely N-dealkylation sites (tertiary alicyclic amines) is 1. The maximum Gasteiger partial charge on any atom is 0.261 e.